The van der Waals surface area contributed by atoms with E-state index >= 15 is 0 Å². The lowest BCUT2D eigenvalue weighted by Crippen LogP contribution is -2.18. The van der Waals surface area contributed by atoms with Crippen molar-refractivity contribution in [2.75, 3.05) is 7.05 Å². The van der Waals surface area contributed by atoms with Gasteiger partial charge in [-0.2, -0.15) is 0 Å². The van der Waals surface area contributed by atoms with Gasteiger partial charge in [-0.3, -0.25) is 4.79 Å². The van der Waals surface area contributed by atoms with Crippen molar-refractivity contribution in [1.82, 2.24) is 20.3 Å². The average molecular weight is 352 g/mol. The molecule has 0 aliphatic carbocycles. The molecular formula is C20H24N4O2. The molecule has 0 bridgehead atoms. The molecule has 0 radical (unpaired) electrons. The fourth-order valence-electron chi connectivity index (χ4n) is 2.90. The van der Waals surface area contributed by atoms with Gasteiger partial charge in [-0.1, -0.05) is 39.0 Å². The predicted octanol–water partition coefficient (Wildman–Crippen LogP) is 3.10. The number of phenolic OH excluding ortho intramolecular Hbond substituents is 1. The molecule has 1 heterocycles. The van der Waals surface area contributed by atoms with Gasteiger partial charge >= 0.3 is 0 Å². The number of hydrogen-bond donors (Lipinski definition) is 2. The molecule has 26 heavy (non-hydrogen) atoms. The number of carbonyl (C=O) groups excluding carboxylic acids is 1. The van der Waals surface area contributed by atoms with Crippen LogP contribution >= 0.6 is 0 Å². The number of rotatable bonds is 4. The number of hydrogen-bond acceptors (Lipinski definition) is 4. The zero-order valence-electron chi connectivity index (χ0n) is 15.6. The Balaban J connectivity index is 2.11. The summed E-state index contributed by atoms with van der Waals surface area (Å²) in [5.41, 5.74) is 3.57. The highest BCUT2D eigenvalue weighted by Gasteiger charge is 2.23. The molecule has 6 nitrogen and oxygen atoms in total. The van der Waals surface area contributed by atoms with E-state index in [-0.39, 0.29) is 17.1 Å². The van der Waals surface area contributed by atoms with Crippen molar-refractivity contribution in [3.05, 3.63) is 47.5 Å². The predicted molar refractivity (Wildman–Crippen MR) is 102 cm³/mol. The quantitative estimate of drug-likeness (QED) is 0.756. The van der Waals surface area contributed by atoms with Crippen molar-refractivity contribution >= 4 is 16.9 Å². The highest BCUT2D eigenvalue weighted by molar-refractivity contribution is 5.76. The van der Waals surface area contributed by atoms with Crippen LogP contribution in [0.15, 0.2) is 36.4 Å². The normalized spacial score (nSPS) is 11.7. The van der Waals surface area contributed by atoms with Crippen molar-refractivity contribution in [2.24, 2.45) is 0 Å². The van der Waals surface area contributed by atoms with Gasteiger partial charge in [0, 0.05) is 19.0 Å². The van der Waals surface area contributed by atoms with Gasteiger partial charge in [0.2, 0.25) is 5.91 Å². The van der Waals surface area contributed by atoms with E-state index in [9.17, 15) is 9.90 Å². The summed E-state index contributed by atoms with van der Waals surface area (Å²) in [6.07, 6.45) is 0.968. The lowest BCUT2D eigenvalue weighted by atomic mass is 9.84. The molecule has 3 aromatic rings. The van der Waals surface area contributed by atoms with Crippen LogP contribution in [-0.2, 0) is 16.6 Å². The van der Waals surface area contributed by atoms with E-state index in [0.29, 0.717) is 18.5 Å². The number of nitrogens with one attached hydrogen (secondary N) is 1. The van der Waals surface area contributed by atoms with Crippen LogP contribution in [0.3, 0.4) is 0 Å². The van der Waals surface area contributed by atoms with Gasteiger partial charge in [0.05, 0.1) is 0 Å². The summed E-state index contributed by atoms with van der Waals surface area (Å²) in [6.45, 7) is 6.13. The van der Waals surface area contributed by atoms with Gasteiger partial charge in [-0.05, 0) is 35.6 Å². The maximum atomic E-state index is 11.6. The Morgan fingerprint density at radius 2 is 1.77 bits per heavy atom. The number of aryl methyl sites for hydroxylation is 1. The molecule has 0 aliphatic rings. The molecule has 0 saturated heterocycles. The third kappa shape index (κ3) is 3.54. The minimum absolute atomic E-state index is 0.0140. The molecule has 0 unspecified atom stereocenters. The topological polar surface area (TPSA) is 80.0 Å². The number of aromatic hydroxyl groups is 1. The maximum absolute atomic E-state index is 11.6. The van der Waals surface area contributed by atoms with Gasteiger partial charge in [-0.25, -0.2) is 0 Å². The minimum atomic E-state index is -0.256. The van der Waals surface area contributed by atoms with Gasteiger partial charge in [0.25, 0.3) is 0 Å². The Labute approximate surface area is 152 Å². The molecule has 1 amide bonds. The monoisotopic (exact) mass is 352 g/mol. The molecule has 136 valence electrons. The van der Waals surface area contributed by atoms with E-state index in [2.05, 4.69) is 15.5 Å². The number of amides is 1. The van der Waals surface area contributed by atoms with Crippen LogP contribution in [0.2, 0.25) is 0 Å². The highest BCUT2D eigenvalue weighted by atomic mass is 16.3. The second kappa shape index (κ2) is 6.78. The summed E-state index contributed by atoms with van der Waals surface area (Å²) < 4.78 is 0. The third-order valence-corrected chi connectivity index (χ3v) is 4.38. The van der Waals surface area contributed by atoms with Gasteiger partial charge in [-0.15, -0.1) is 15.0 Å². The fourth-order valence-corrected chi connectivity index (χ4v) is 2.90. The first kappa shape index (κ1) is 17.9. The van der Waals surface area contributed by atoms with Crippen LogP contribution in [0.5, 0.6) is 5.75 Å². The standard InChI is InChI=1S/C20H24N4O2/c1-20(2,3)14-11-13(9-10-18(25)21-4)12-17(19(14)26)24-22-15-7-5-6-8-16(15)23-24/h5-8,11-12,26H,9-10H2,1-4H3,(H,21,25). The number of phenols is 1. The summed E-state index contributed by atoms with van der Waals surface area (Å²) >= 11 is 0. The van der Waals surface area contributed by atoms with Crippen molar-refractivity contribution in [3.8, 4) is 11.4 Å². The second-order valence-corrected chi connectivity index (χ2v) is 7.41. The summed E-state index contributed by atoms with van der Waals surface area (Å²) in [7, 11) is 1.63. The van der Waals surface area contributed by atoms with E-state index < -0.39 is 0 Å². The van der Waals surface area contributed by atoms with E-state index in [1.807, 2.05) is 57.2 Å². The molecule has 1 aromatic heterocycles. The first-order valence-corrected chi connectivity index (χ1v) is 8.69. The Bertz CT molecular complexity index is 921. The Kier molecular flexibility index (Phi) is 4.68. The van der Waals surface area contributed by atoms with Crippen LogP contribution in [0.1, 0.15) is 38.3 Å². The zero-order valence-corrected chi connectivity index (χ0v) is 15.6. The molecule has 0 atom stereocenters. The average Bonchev–Trinajstić information content (AvgIpc) is 3.03. The molecule has 0 spiro atoms. The van der Waals surface area contributed by atoms with E-state index in [4.69, 9.17) is 0 Å². The van der Waals surface area contributed by atoms with E-state index in [1.165, 1.54) is 4.80 Å². The summed E-state index contributed by atoms with van der Waals surface area (Å²) in [5, 5.41) is 22.5. The minimum Gasteiger partial charge on any atom is -0.505 e. The van der Waals surface area contributed by atoms with Crippen LogP contribution in [0.4, 0.5) is 0 Å². The molecule has 3 rings (SSSR count). The van der Waals surface area contributed by atoms with Crippen LogP contribution in [0, 0.1) is 0 Å². The van der Waals surface area contributed by atoms with Crippen LogP contribution in [-0.4, -0.2) is 33.1 Å². The molecular weight excluding hydrogens is 328 g/mol. The highest BCUT2D eigenvalue weighted by Crippen LogP contribution is 2.36. The lowest BCUT2D eigenvalue weighted by Gasteiger charge is -2.23. The molecule has 2 N–H and O–H groups in total. The number of nitrogens with zero attached hydrogens (tertiary/aromatic N) is 3. The Morgan fingerprint density at radius 3 is 2.31 bits per heavy atom. The zero-order chi connectivity index (χ0) is 18.9. The van der Waals surface area contributed by atoms with E-state index in [1.54, 1.807) is 7.05 Å². The molecule has 0 aliphatic heterocycles. The third-order valence-electron chi connectivity index (χ3n) is 4.38. The number of fused-ring (bicyclic) bond motifs is 1. The first-order valence-electron chi connectivity index (χ1n) is 8.69. The summed E-state index contributed by atoms with van der Waals surface area (Å²) in [4.78, 5) is 13.1. The van der Waals surface area contributed by atoms with Crippen LogP contribution in [0.25, 0.3) is 16.7 Å². The van der Waals surface area contributed by atoms with Crippen LogP contribution < -0.4 is 5.32 Å². The molecule has 0 saturated carbocycles. The Morgan fingerprint density at radius 1 is 1.15 bits per heavy atom. The number of benzene rings is 2. The summed E-state index contributed by atoms with van der Waals surface area (Å²) in [6, 6.07) is 11.4. The maximum Gasteiger partial charge on any atom is 0.220 e. The largest absolute Gasteiger partial charge is 0.505 e. The lowest BCUT2D eigenvalue weighted by molar-refractivity contribution is -0.120. The first-order chi connectivity index (χ1) is 12.3. The van der Waals surface area contributed by atoms with Crippen molar-refractivity contribution < 1.29 is 9.90 Å². The smallest absolute Gasteiger partial charge is 0.220 e. The van der Waals surface area contributed by atoms with E-state index in [0.717, 1.165) is 22.2 Å². The summed E-state index contributed by atoms with van der Waals surface area (Å²) in [5.74, 6) is 0.154. The number of aromatic nitrogens is 3. The van der Waals surface area contributed by atoms with Crippen molar-refractivity contribution in [2.45, 2.75) is 39.0 Å². The van der Waals surface area contributed by atoms with Gasteiger partial charge in [0.15, 0.2) is 0 Å². The molecule has 0 fully saturated rings. The molecule has 6 heteroatoms. The Hall–Kier alpha value is -2.89. The van der Waals surface area contributed by atoms with Crippen molar-refractivity contribution in [3.63, 3.8) is 0 Å². The SMILES string of the molecule is CNC(=O)CCc1cc(-n2nc3ccccc3n2)c(O)c(C(C)(C)C)c1. The molecule has 2 aromatic carbocycles. The fraction of sp³-hybridized carbons (Fsp3) is 0.350. The van der Waals surface area contributed by atoms with Crippen molar-refractivity contribution in [1.29, 1.82) is 0 Å². The second-order valence-electron chi connectivity index (χ2n) is 7.41. The van der Waals surface area contributed by atoms with Gasteiger partial charge < -0.3 is 10.4 Å². The number of carbonyl (C=O) groups is 1. The van der Waals surface area contributed by atoms with Gasteiger partial charge in [0.1, 0.15) is 22.5 Å².